The summed E-state index contributed by atoms with van der Waals surface area (Å²) in [5.41, 5.74) is -0.120. The molecule has 1 aromatic rings. The molecule has 6 heteroatoms. The van der Waals surface area contributed by atoms with Crippen LogP contribution in [-0.2, 0) is 4.79 Å². The van der Waals surface area contributed by atoms with E-state index in [-0.39, 0.29) is 11.7 Å². The molecule has 0 aliphatic carbocycles. The Bertz CT molecular complexity index is 541. The van der Waals surface area contributed by atoms with Crippen molar-refractivity contribution in [1.29, 1.82) is 0 Å². The number of alkyl halides is 2. The minimum Gasteiger partial charge on any atom is -0.434 e. The molecule has 122 valence electrons. The summed E-state index contributed by atoms with van der Waals surface area (Å²) in [6.45, 7) is 6.07. The van der Waals surface area contributed by atoms with Gasteiger partial charge >= 0.3 is 6.61 Å². The van der Waals surface area contributed by atoms with Crippen LogP contribution < -0.4 is 10.1 Å². The second-order valence-electron chi connectivity index (χ2n) is 5.83. The maximum atomic E-state index is 12.6. The molecule has 0 aromatic heterocycles. The summed E-state index contributed by atoms with van der Waals surface area (Å²) in [5.74, 6) is -0.150. The number of rotatable bonds is 6. The maximum Gasteiger partial charge on any atom is 0.387 e. The van der Waals surface area contributed by atoms with Crippen LogP contribution in [0.3, 0.4) is 0 Å². The van der Waals surface area contributed by atoms with Crippen molar-refractivity contribution < 1.29 is 18.3 Å². The Kier molecular flexibility index (Phi) is 6.53. The topological polar surface area (TPSA) is 38.3 Å². The summed E-state index contributed by atoms with van der Waals surface area (Å²) in [5, 5.41) is 2.86. The Balaban J connectivity index is 3.20. The Morgan fingerprint density at radius 2 is 2.09 bits per heavy atom. The minimum atomic E-state index is -2.93. The summed E-state index contributed by atoms with van der Waals surface area (Å²) < 4.78 is 30.3. The van der Waals surface area contributed by atoms with Crippen LogP contribution in [0.15, 0.2) is 35.3 Å². The van der Waals surface area contributed by atoms with Gasteiger partial charge in [-0.15, -0.1) is 6.58 Å². The van der Waals surface area contributed by atoms with E-state index < -0.39 is 18.1 Å². The van der Waals surface area contributed by atoms with Crippen molar-refractivity contribution >= 4 is 21.8 Å². The van der Waals surface area contributed by atoms with Gasteiger partial charge in [0.25, 0.3) is 0 Å². The predicted molar refractivity (Wildman–Crippen MR) is 85.9 cm³/mol. The highest BCUT2D eigenvalue weighted by Crippen LogP contribution is 2.35. The number of amides is 1. The smallest absolute Gasteiger partial charge is 0.387 e. The van der Waals surface area contributed by atoms with E-state index in [1.165, 1.54) is 6.07 Å². The first-order valence-corrected chi connectivity index (χ1v) is 7.61. The van der Waals surface area contributed by atoms with Crippen LogP contribution in [0, 0.1) is 5.41 Å². The zero-order valence-corrected chi connectivity index (χ0v) is 14.4. The van der Waals surface area contributed by atoms with Crippen LogP contribution in [0.2, 0.25) is 0 Å². The highest BCUT2D eigenvalue weighted by atomic mass is 79.9. The Morgan fingerprint density at radius 1 is 1.45 bits per heavy atom. The first-order chi connectivity index (χ1) is 10.2. The van der Waals surface area contributed by atoms with Crippen LogP contribution in [0.1, 0.15) is 38.8 Å². The molecule has 0 spiro atoms. The third-order valence-electron chi connectivity index (χ3n) is 2.97. The highest BCUT2D eigenvalue weighted by Gasteiger charge is 2.27. The molecule has 0 aliphatic heterocycles. The Labute approximate surface area is 137 Å². The van der Waals surface area contributed by atoms with Gasteiger partial charge in [-0.3, -0.25) is 4.79 Å². The molecule has 0 fully saturated rings. The molecule has 1 unspecified atom stereocenters. The van der Waals surface area contributed by atoms with Gasteiger partial charge in [0.15, 0.2) is 0 Å². The molecule has 0 radical (unpaired) electrons. The number of nitrogens with one attached hydrogen (secondary N) is 1. The van der Waals surface area contributed by atoms with Crippen molar-refractivity contribution in [3.05, 3.63) is 40.9 Å². The fourth-order valence-electron chi connectivity index (χ4n) is 1.84. The molecular formula is C16H20BrF2NO2. The standard InChI is InChI=1S/C16H20BrF2NO2/c1-5-7-11(20-14(21)16(2,3)4)13-10(17)8-6-9-12(13)22-15(18)19/h5-6,8-9,11,15H,1,7H2,2-4H3,(H,20,21). The summed E-state index contributed by atoms with van der Waals surface area (Å²) in [6.07, 6.45) is 2.02. The van der Waals surface area contributed by atoms with Crippen LogP contribution in [-0.4, -0.2) is 12.5 Å². The lowest BCUT2D eigenvalue weighted by Crippen LogP contribution is -2.37. The van der Waals surface area contributed by atoms with Gasteiger partial charge in [-0.1, -0.05) is 48.8 Å². The van der Waals surface area contributed by atoms with Gasteiger partial charge in [0.05, 0.1) is 6.04 Å². The Hall–Kier alpha value is -1.43. The average Bonchev–Trinajstić information content (AvgIpc) is 2.36. The van der Waals surface area contributed by atoms with Gasteiger partial charge < -0.3 is 10.1 Å². The fraction of sp³-hybridized carbons (Fsp3) is 0.438. The minimum absolute atomic E-state index is 0.0328. The SMILES string of the molecule is C=CCC(NC(=O)C(C)(C)C)c1c(Br)cccc1OC(F)F. The summed E-state index contributed by atoms with van der Waals surface area (Å²) >= 11 is 3.34. The first-order valence-electron chi connectivity index (χ1n) is 6.82. The van der Waals surface area contributed by atoms with E-state index in [0.29, 0.717) is 16.5 Å². The van der Waals surface area contributed by atoms with Crippen molar-refractivity contribution in [1.82, 2.24) is 5.32 Å². The van der Waals surface area contributed by atoms with Gasteiger partial charge in [-0.2, -0.15) is 8.78 Å². The van der Waals surface area contributed by atoms with E-state index in [2.05, 4.69) is 32.6 Å². The van der Waals surface area contributed by atoms with Crippen molar-refractivity contribution in [3.8, 4) is 5.75 Å². The molecule has 1 N–H and O–H groups in total. The Morgan fingerprint density at radius 3 is 2.59 bits per heavy atom. The van der Waals surface area contributed by atoms with Crippen molar-refractivity contribution in [2.45, 2.75) is 39.8 Å². The number of carbonyl (C=O) groups excluding carboxylic acids is 1. The quantitative estimate of drug-likeness (QED) is 0.723. The van der Waals surface area contributed by atoms with Gasteiger partial charge in [0, 0.05) is 15.5 Å². The average molecular weight is 376 g/mol. The molecule has 3 nitrogen and oxygen atoms in total. The number of carbonyl (C=O) groups is 1. The normalized spacial score (nSPS) is 12.9. The lowest BCUT2D eigenvalue weighted by atomic mass is 9.93. The van der Waals surface area contributed by atoms with E-state index in [4.69, 9.17) is 0 Å². The van der Waals surface area contributed by atoms with E-state index >= 15 is 0 Å². The number of hydrogen-bond donors (Lipinski definition) is 1. The number of hydrogen-bond acceptors (Lipinski definition) is 2. The van der Waals surface area contributed by atoms with E-state index in [9.17, 15) is 13.6 Å². The van der Waals surface area contributed by atoms with E-state index in [0.717, 1.165) is 0 Å². The lowest BCUT2D eigenvalue weighted by Gasteiger charge is -2.26. The van der Waals surface area contributed by atoms with Crippen LogP contribution >= 0.6 is 15.9 Å². The molecule has 1 rings (SSSR count). The fourth-order valence-corrected chi connectivity index (χ4v) is 2.47. The molecule has 0 heterocycles. The highest BCUT2D eigenvalue weighted by molar-refractivity contribution is 9.10. The zero-order chi connectivity index (χ0) is 16.9. The molecule has 1 atom stereocenters. The zero-order valence-electron chi connectivity index (χ0n) is 12.8. The van der Waals surface area contributed by atoms with Crippen molar-refractivity contribution in [3.63, 3.8) is 0 Å². The maximum absolute atomic E-state index is 12.6. The molecule has 0 saturated heterocycles. The lowest BCUT2D eigenvalue weighted by molar-refractivity contribution is -0.129. The molecule has 0 bridgehead atoms. The third-order valence-corrected chi connectivity index (χ3v) is 3.66. The van der Waals surface area contributed by atoms with Crippen LogP contribution in [0.5, 0.6) is 5.75 Å². The number of ether oxygens (including phenoxy) is 1. The van der Waals surface area contributed by atoms with Gasteiger partial charge in [-0.05, 0) is 18.6 Å². The van der Waals surface area contributed by atoms with Gasteiger partial charge in [0.1, 0.15) is 5.75 Å². The molecule has 1 aromatic carbocycles. The predicted octanol–water partition coefficient (Wildman–Crippen LogP) is 4.83. The van der Waals surface area contributed by atoms with E-state index in [1.807, 2.05) is 0 Å². The first kappa shape index (κ1) is 18.6. The summed E-state index contributed by atoms with van der Waals surface area (Å²) in [6, 6.07) is 4.26. The second kappa shape index (κ2) is 7.72. The number of halogens is 3. The van der Waals surface area contributed by atoms with Crippen LogP contribution in [0.4, 0.5) is 8.78 Å². The molecule has 0 saturated carbocycles. The molecular weight excluding hydrogens is 356 g/mol. The third kappa shape index (κ3) is 5.09. The molecule has 0 aliphatic rings. The second-order valence-corrected chi connectivity index (χ2v) is 6.68. The van der Waals surface area contributed by atoms with Gasteiger partial charge in [-0.25, -0.2) is 0 Å². The summed E-state index contributed by atoms with van der Waals surface area (Å²) in [4.78, 5) is 12.2. The molecule has 22 heavy (non-hydrogen) atoms. The largest absolute Gasteiger partial charge is 0.434 e. The molecule has 1 amide bonds. The van der Waals surface area contributed by atoms with Gasteiger partial charge in [0.2, 0.25) is 5.91 Å². The van der Waals surface area contributed by atoms with Crippen molar-refractivity contribution in [2.75, 3.05) is 0 Å². The van der Waals surface area contributed by atoms with Crippen LogP contribution in [0.25, 0.3) is 0 Å². The number of benzene rings is 1. The summed E-state index contributed by atoms with van der Waals surface area (Å²) in [7, 11) is 0. The van der Waals surface area contributed by atoms with Crippen molar-refractivity contribution in [2.24, 2.45) is 5.41 Å². The monoisotopic (exact) mass is 375 g/mol. The van der Waals surface area contributed by atoms with E-state index in [1.54, 1.807) is 39.0 Å².